The minimum atomic E-state index is -4.17. The largest absolute Gasteiger partial charge is 0.325 e. The van der Waals surface area contributed by atoms with Crippen molar-refractivity contribution in [2.24, 2.45) is 0 Å². The SMILES string of the molecule is O=C(CN(c1ccc(Cl)c(Cl)c1)S(=O)(=O)c1ccccc1)Nc1ccc(S(=O)(=O)Nc2ccc(F)cc2)cc1. The fraction of sp³-hybridized carbons (Fsp3) is 0.0385. The van der Waals surface area contributed by atoms with Gasteiger partial charge >= 0.3 is 0 Å². The first-order valence-corrected chi connectivity index (χ1v) is 14.8. The minimum Gasteiger partial charge on any atom is -0.325 e. The van der Waals surface area contributed by atoms with Gasteiger partial charge in [0.25, 0.3) is 20.0 Å². The van der Waals surface area contributed by atoms with Gasteiger partial charge < -0.3 is 5.32 Å². The second kappa shape index (κ2) is 11.6. The molecule has 39 heavy (non-hydrogen) atoms. The maximum atomic E-state index is 13.4. The second-order valence-electron chi connectivity index (χ2n) is 8.11. The van der Waals surface area contributed by atoms with Crippen molar-refractivity contribution in [2.75, 3.05) is 20.9 Å². The summed E-state index contributed by atoms with van der Waals surface area (Å²) in [6.45, 7) is -0.610. The molecule has 13 heteroatoms. The molecule has 0 radical (unpaired) electrons. The summed E-state index contributed by atoms with van der Waals surface area (Å²) in [6, 6.07) is 21.8. The van der Waals surface area contributed by atoms with E-state index in [0.717, 1.165) is 16.4 Å². The lowest BCUT2D eigenvalue weighted by Crippen LogP contribution is -2.38. The molecule has 0 atom stereocenters. The maximum Gasteiger partial charge on any atom is 0.264 e. The summed E-state index contributed by atoms with van der Waals surface area (Å²) < 4.78 is 68.4. The molecule has 4 aromatic rings. The molecule has 0 unspecified atom stereocenters. The number of sulfonamides is 2. The van der Waals surface area contributed by atoms with Crippen molar-refractivity contribution >= 4 is 66.2 Å². The number of nitrogens with one attached hydrogen (secondary N) is 2. The summed E-state index contributed by atoms with van der Waals surface area (Å²) in [5.74, 6) is -1.20. The van der Waals surface area contributed by atoms with Gasteiger partial charge in [-0.1, -0.05) is 41.4 Å². The molecule has 0 aliphatic rings. The van der Waals surface area contributed by atoms with Crippen LogP contribution in [-0.2, 0) is 24.8 Å². The van der Waals surface area contributed by atoms with E-state index in [0.29, 0.717) is 0 Å². The average molecular weight is 609 g/mol. The highest BCUT2D eigenvalue weighted by Crippen LogP contribution is 2.30. The molecule has 202 valence electrons. The first-order valence-electron chi connectivity index (χ1n) is 11.2. The monoisotopic (exact) mass is 607 g/mol. The highest BCUT2D eigenvalue weighted by Gasteiger charge is 2.27. The van der Waals surface area contributed by atoms with Crippen molar-refractivity contribution in [1.29, 1.82) is 0 Å². The molecule has 0 spiro atoms. The van der Waals surface area contributed by atoms with Crippen LogP contribution in [-0.4, -0.2) is 29.3 Å². The van der Waals surface area contributed by atoms with Gasteiger partial charge in [-0.05, 0) is 78.9 Å². The first kappa shape index (κ1) is 28.4. The predicted octanol–water partition coefficient (Wildman–Crippen LogP) is 5.77. The Hall–Kier alpha value is -3.64. The van der Waals surface area contributed by atoms with Crippen LogP contribution in [0.3, 0.4) is 0 Å². The van der Waals surface area contributed by atoms with E-state index in [4.69, 9.17) is 23.2 Å². The van der Waals surface area contributed by atoms with Crippen LogP contribution in [0.1, 0.15) is 0 Å². The van der Waals surface area contributed by atoms with Gasteiger partial charge in [-0.25, -0.2) is 21.2 Å². The number of carbonyl (C=O) groups is 1. The summed E-state index contributed by atoms with van der Waals surface area (Å²) in [5, 5.41) is 2.88. The number of nitrogens with zero attached hydrogens (tertiary/aromatic N) is 1. The van der Waals surface area contributed by atoms with Gasteiger partial charge in [-0.3, -0.25) is 13.8 Å². The normalized spacial score (nSPS) is 11.6. The number of benzene rings is 4. The van der Waals surface area contributed by atoms with Crippen LogP contribution in [0.5, 0.6) is 0 Å². The molecule has 0 heterocycles. The Morgan fingerprint density at radius 1 is 0.744 bits per heavy atom. The number of halogens is 3. The Morgan fingerprint density at radius 3 is 1.97 bits per heavy atom. The molecular weight excluding hydrogens is 588 g/mol. The summed E-state index contributed by atoms with van der Waals surface area (Å²) in [7, 11) is -8.15. The van der Waals surface area contributed by atoms with Crippen molar-refractivity contribution in [3.05, 3.63) is 113 Å². The quantitative estimate of drug-likeness (QED) is 0.251. The Labute approximate surface area is 235 Å². The van der Waals surface area contributed by atoms with E-state index in [1.807, 2.05) is 0 Å². The summed E-state index contributed by atoms with van der Waals surface area (Å²) in [6.07, 6.45) is 0. The minimum absolute atomic E-state index is 0.0351. The second-order valence-corrected chi connectivity index (χ2v) is 12.5. The Morgan fingerprint density at radius 2 is 1.36 bits per heavy atom. The van der Waals surface area contributed by atoms with Crippen molar-refractivity contribution in [2.45, 2.75) is 9.79 Å². The Bertz CT molecular complexity index is 1700. The van der Waals surface area contributed by atoms with Crippen molar-refractivity contribution in [3.8, 4) is 0 Å². The van der Waals surface area contributed by atoms with Gasteiger partial charge in [0, 0.05) is 11.4 Å². The average Bonchev–Trinajstić information content (AvgIpc) is 2.91. The van der Waals surface area contributed by atoms with Crippen molar-refractivity contribution in [3.63, 3.8) is 0 Å². The zero-order valence-corrected chi connectivity index (χ0v) is 23.0. The number of anilines is 3. The third kappa shape index (κ3) is 6.87. The van der Waals surface area contributed by atoms with Crippen LogP contribution in [0.15, 0.2) is 107 Å². The molecule has 4 aromatic carbocycles. The van der Waals surface area contributed by atoms with E-state index >= 15 is 0 Å². The van der Waals surface area contributed by atoms with Crippen LogP contribution < -0.4 is 14.3 Å². The number of carbonyl (C=O) groups excluding carboxylic acids is 1. The van der Waals surface area contributed by atoms with E-state index in [-0.39, 0.29) is 36.9 Å². The van der Waals surface area contributed by atoms with Crippen LogP contribution in [0.25, 0.3) is 0 Å². The Kier molecular flexibility index (Phi) is 8.45. The van der Waals surface area contributed by atoms with Crippen LogP contribution in [0.4, 0.5) is 21.5 Å². The summed E-state index contributed by atoms with van der Waals surface area (Å²) in [5.41, 5.74) is 0.527. The first-order chi connectivity index (χ1) is 18.5. The molecular formula is C26H20Cl2FN3O5S2. The molecule has 4 rings (SSSR count). The van der Waals surface area contributed by atoms with E-state index in [1.54, 1.807) is 18.2 Å². The number of rotatable bonds is 9. The van der Waals surface area contributed by atoms with Gasteiger partial charge in [0.1, 0.15) is 12.4 Å². The molecule has 0 bridgehead atoms. The van der Waals surface area contributed by atoms with Gasteiger partial charge in [0.05, 0.1) is 25.5 Å². The van der Waals surface area contributed by atoms with E-state index < -0.39 is 38.3 Å². The van der Waals surface area contributed by atoms with E-state index in [9.17, 15) is 26.0 Å². The van der Waals surface area contributed by atoms with Crippen LogP contribution in [0, 0.1) is 5.82 Å². The summed E-state index contributed by atoms with van der Waals surface area (Å²) >= 11 is 12.1. The van der Waals surface area contributed by atoms with Gasteiger partial charge in [0.15, 0.2) is 0 Å². The third-order valence-corrected chi connectivity index (χ3v) is 9.28. The Balaban J connectivity index is 1.53. The molecule has 2 N–H and O–H groups in total. The number of hydrogen-bond donors (Lipinski definition) is 2. The molecule has 0 saturated heterocycles. The lowest BCUT2D eigenvalue weighted by atomic mass is 10.3. The molecule has 0 fully saturated rings. The zero-order valence-electron chi connectivity index (χ0n) is 19.9. The molecule has 1 amide bonds. The van der Waals surface area contributed by atoms with Crippen LogP contribution >= 0.6 is 23.2 Å². The van der Waals surface area contributed by atoms with Crippen molar-refractivity contribution < 1.29 is 26.0 Å². The number of hydrogen-bond acceptors (Lipinski definition) is 5. The lowest BCUT2D eigenvalue weighted by molar-refractivity contribution is -0.114. The maximum absolute atomic E-state index is 13.4. The van der Waals surface area contributed by atoms with Gasteiger partial charge in [-0.2, -0.15) is 0 Å². The topological polar surface area (TPSA) is 113 Å². The third-order valence-electron chi connectivity index (χ3n) is 5.35. The standard InChI is InChI=1S/C26H20Cl2FN3O5S2/c27-24-15-12-21(16-25(24)28)32(39(36,37)23-4-2-1-3-5-23)17-26(33)30-19-10-13-22(14-11-19)38(34,35)31-20-8-6-18(29)7-9-20/h1-16,31H,17H2,(H,30,33). The fourth-order valence-corrected chi connectivity index (χ4v) is 6.24. The highest BCUT2D eigenvalue weighted by molar-refractivity contribution is 7.93. The fourth-order valence-electron chi connectivity index (χ4n) is 3.46. The molecule has 0 aliphatic heterocycles. The molecule has 0 saturated carbocycles. The van der Waals surface area contributed by atoms with E-state index in [2.05, 4.69) is 10.0 Å². The van der Waals surface area contributed by atoms with Crippen molar-refractivity contribution in [1.82, 2.24) is 0 Å². The smallest absolute Gasteiger partial charge is 0.264 e. The predicted molar refractivity (Wildman–Crippen MR) is 150 cm³/mol. The van der Waals surface area contributed by atoms with E-state index in [1.165, 1.54) is 66.7 Å². The highest BCUT2D eigenvalue weighted by atomic mass is 35.5. The number of amides is 1. The zero-order chi connectivity index (χ0) is 28.2. The summed E-state index contributed by atoms with van der Waals surface area (Å²) in [4.78, 5) is 12.8. The van der Waals surface area contributed by atoms with Gasteiger partial charge in [0.2, 0.25) is 5.91 Å². The van der Waals surface area contributed by atoms with Gasteiger partial charge in [-0.15, -0.1) is 0 Å². The lowest BCUT2D eigenvalue weighted by Gasteiger charge is -2.24. The molecule has 0 aromatic heterocycles. The van der Waals surface area contributed by atoms with Crippen LogP contribution in [0.2, 0.25) is 10.0 Å². The molecule has 8 nitrogen and oxygen atoms in total. The molecule has 0 aliphatic carbocycles.